The largest absolute Gasteiger partial charge is 0.490 e. The van der Waals surface area contributed by atoms with Crippen molar-refractivity contribution in [3.8, 4) is 5.13 Å². The third kappa shape index (κ3) is 9.69. The monoisotopic (exact) mass is 518 g/mol. The van der Waals surface area contributed by atoms with Gasteiger partial charge in [-0.05, 0) is 25.6 Å². The van der Waals surface area contributed by atoms with Crippen molar-refractivity contribution in [2.24, 2.45) is 0 Å². The highest BCUT2D eigenvalue weighted by molar-refractivity contribution is 7.12. The van der Waals surface area contributed by atoms with Crippen LogP contribution in [0.25, 0.3) is 5.13 Å². The molecule has 3 heterocycles. The Morgan fingerprint density at radius 3 is 2.12 bits per heavy atom. The third-order valence-electron chi connectivity index (χ3n) is 4.66. The number of hydrogen-bond acceptors (Lipinski definition) is 6. The summed E-state index contributed by atoms with van der Waals surface area (Å²) in [6.45, 7) is 6.77. The number of thiazole rings is 1. The Balaban J connectivity index is 0.000000343. The predicted octanol–water partition coefficient (Wildman–Crippen LogP) is 3.73. The van der Waals surface area contributed by atoms with Gasteiger partial charge in [-0.1, -0.05) is 6.92 Å². The molecular weight excluding hydrogens is 494 g/mol. The Bertz CT molecular complexity index is 877. The van der Waals surface area contributed by atoms with Crippen molar-refractivity contribution in [3.63, 3.8) is 0 Å². The molecule has 1 aliphatic rings. The number of hydrogen-bond donors (Lipinski definition) is 2. The zero-order valence-electron chi connectivity index (χ0n) is 18.2. The molecule has 3 rings (SSSR count). The van der Waals surface area contributed by atoms with Crippen LogP contribution in [0.4, 0.5) is 26.3 Å². The zero-order valence-corrected chi connectivity index (χ0v) is 19.0. The molecule has 2 aromatic heterocycles. The van der Waals surface area contributed by atoms with E-state index < -0.39 is 24.3 Å². The van der Waals surface area contributed by atoms with E-state index in [2.05, 4.69) is 51.7 Å². The van der Waals surface area contributed by atoms with Gasteiger partial charge in [0.2, 0.25) is 0 Å². The number of halogens is 6. The lowest BCUT2D eigenvalue weighted by atomic mass is 10.1. The van der Waals surface area contributed by atoms with Crippen LogP contribution in [0, 0.1) is 0 Å². The first-order valence-corrected chi connectivity index (χ1v) is 10.6. The number of carboxylic acids is 2. The summed E-state index contributed by atoms with van der Waals surface area (Å²) < 4.78 is 65.7. The van der Waals surface area contributed by atoms with E-state index in [1.807, 2.05) is 11.6 Å². The summed E-state index contributed by atoms with van der Waals surface area (Å²) >= 11 is 1.69. The fraction of sp³-hybridized carbons (Fsp3) is 0.526. The molecule has 1 atom stereocenters. The summed E-state index contributed by atoms with van der Waals surface area (Å²) in [7, 11) is 2.24. The maximum atomic E-state index is 10.6. The Morgan fingerprint density at radius 1 is 1.12 bits per heavy atom. The van der Waals surface area contributed by atoms with Gasteiger partial charge < -0.3 is 15.1 Å². The van der Waals surface area contributed by atoms with Gasteiger partial charge >= 0.3 is 24.3 Å². The molecule has 0 amide bonds. The fourth-order valence-corrected chi connectivity index (χ4v) is 3.55. The smallest absolute Gasteiger partial charge is 0.475 e. The van der Waals surface area contributed by atoms with E-state index >= 15 is 0 Å². The quantitative estimate of drug-likeness (QED) is 0.596. The summed E-state index contributed by atoms with van der Waals surface area (Å²) in [6, 6.07) is 5.01. The van der Waals surface area contributed by atoms with Crippen LogP contribution in [0.1, 0.15) is 19.0 Å². The molecule has 2 N–H and O–H groups in total. The van der Waals surface area contributed by atoms with Gasteiger partial charge in [-0.25, -0.2) is 14.6 Å². The van der Waals surface area contributed by atoms with Gasteiger partial charge in [0.1, 0.15) is 0 Å². The van der Waals surface area contributed by atoms with Gasteiger partial charge in [0.05, 0.1) is 0 Å². The number of piperazine rings is 1. The van der Waals surface area contributed by atoms with Crippen LogP contribution in [0.2, 0.25) is 0 Å². The number of carbonyl (C=O) groups is 2. The highest BCUT2D eigenvalue weighted by Crippen LogP contribution is 2.19. The normalized spacial score (nSPS) is 17.2. The molecule has 2 aromatic rings. The fourth-order valence-electron chi connectivity index (χ4n) is 2.89. The molecule has 15 heteroatoms. The van der Waals surface area contributed by atoms with E-state index in [1.54, 1.807) is 11.3 Å². The zero-order chi connectivity index (χ0) is 26.1. The SMILES string of the molecule is CCC1CN(Cc2cccn2-c2nccs2)CCN1C.O=C(O)C(F)(F)F.O=C(O)C(F)(F)F. The number of aromatic nitrogens is 2. The number of carboxylic acid groups (broad SMARTS) is 2. The van der Waals surface area contributed by atoms with Crippen LogP contribution >= 0.6 is 11.3 Å². The molecule has 192 valence electrons. The highest BCUT2D eigenvalue weighted by atomic mass is 32.1. The summed E-state index contributed by atoms with van der Waals surface area (Å²) in [5.41, 5.74) is 1.33. The van der Waals surface area contributed by atoms with Crippen LogP contribution in [0.15, 0.2) is 29.9 Å². The van der Waals surface area contributed by atoms with Gasteiger partial charge in [0, 0.05) is 55.7 Å². The first-order chi connectivity index (χ1) is 15.7. The van der Waals surface area contributed by atoms with Crippen molar-refractivity contribution in [2.75, 3.05) is 26.7 Å². The number of aliphatic carboxylic acids is 2. The maximum Gasteiger partial charge on any atom is 0.490 e. The summed E-state index contributed by atoms with van der Waals surface area (Å²) in [5, 5.41) is 17.3. The van der Waals surface area contributed by atoms with Gasteiger partial charge in [-0.2, -0.15) is 26.3 Å². The lowest BCUT2D eigenvalue weighted by Crippen LogP contribution is -2.50. The van der Waals surface area contributed by atoms with E-state index in [0.717, 1.165) is 31.3 Å². The van der Waals surface area contributed by atoms with Crippen molar-refractivity contribution in [1.29, 1.82) is 0 Å². The second-order valence-electron chi connectivity index (χ2n) is 7.07. The second-order valence-corrected chi connectivity index (χ2v) is 7.94. The number of likely N-dealkylation sites (N-methyl/N-ethyl adjacent to an activating group) is 1. The number of alkyl halides is 6. The van der Waals surface area contributed by atoms with Gasteiger partial charge in [0.15, 0.2) is 5.13 Å². The molecule has 8 nitrogen and oxygen atoms in total. The van der Waals surface area contributed by atoms with E-state index in [-0.39, 0.29) is 0 Å². The molecule has 0 saturated carbocycles. The van der Waals surface area contributed by atoms with E-state index in [0.29, 0.717) is 6.04 Å². The standard InChI is InChI=1S/C15H22N4S.2C2HF3O2/c1-3-13-11-18(9-8-17(13)2)12-14-5-4-7-19(14)15-16-6-10-20-15;2*3-2(4,5)1(6)7/h4-7,10,13H,3,8-9,11-12H2,1-2H3;2*(H,6,7). The molecule has 1 unspecified atom stereocenters. The van der Waals surface area contributed by atoms with Crippen LogP contribution in [0.3, 0.4) is 0 Å². The first-order valence-electron chi connectivity index (χ1n) is 9.75. The highest BCUT2D eigenvalue weighted by Gasteiger charge is 2.38. The van der Waals surface area contributed by atoms with Crippen LogP contribution in [0.5, 0.6) is 0 Å². The molecule has 1 aliphatic heterocycles. The van der Waals surface area contributed by atoms with Crippen molar-refractivity contribution in [3.05, 3.63) is 35.6 Å². The first kappa shape index (κ1) is 29.4. The molecule has 34 heavy (non-hydrogen) atoms. The molecule has 0 radical (unpaired) electrons. The second kappa shape index (κ2) is 12.7. The Kier molecular flexibility index (Phi) is 11.0. The molecule has 0 bridgehead atoms. The molecule has 1 saturated heterocycles. The van der Waals surface area contributed by atoms with Crippen LogP contribution in [-0.2, 0) is 16.1 Å². The predicted molar refractivity (Wildman–Crippen MR) is 111 cm³/mol. The van der Waals surface area contributed by atoms with Gasteiger partial charge in [-0.15, -0.1) is 11.3 Å². The van der Waals surface area contributed by atoms with Crippen LogP contribution in [-0.4, -0.2) is 86.6 Å². The number of nitrogens with zero attached hydrogens (tertiary/aromatic N) is 4. The van der Waals surface area contributed by atoms with Crippen molar-refractivity contribution < 1.29 is 46.1 Å². The minimum atomic E-state index is -5.08. The lowest BCUT2D eigenvalue weighted by Gasteiger charge is -2.39. The third-order valence-corrected chi connectivity index (χ3v) is 5.43. The molecule has 1 fully saturated rings. The molecular formula is C19H24F6N4O4S. The topological polar surface area (TPSA) is 98.9 Å². The van der Waals surface area contributed by atoms with Crippen molar-refractivity contribution >= 4 is 23.3 Å². The van der Waals surface area contributed by atoms with E-state index in [4.69, 9.17) is 19.8 Å². The van der Waals surface area contributed by atoms with Gasteiger partial charge in [-0.3, -0.25) is 9.47 Å². The molecule has 0 aliphatic carbocycles. The van der Waals surface area contributed by atoms with Crippen molar-refractivity contribution in [2.45, 2.75) is 38.3 Å². The van der Waals surface area contributed by atoms with E-state index in [1.165, 1.54) is 12.1 Å². The minimum Gasteiger partial charge on any atom is -0.475 e. The average Bonchev–Trinajstić information content (AvgIpc) is 3.40. The van der Waals surface area contributed by atoms with Crippen LogP contribution < -0.4 is 0 Å². The molecule has 0 aromatic carbocycles. The van der Waals surface area contributed by atoms with Crippen molar-refractivity contribution in [1.82, 2.24) is 19.4 Å². The minimum absolute atomic E-state index is 0.687. The summed E-state index contributed by atoms with van der Waals surface area (Å²) in [5.74, 6) is -5.51. The Labute approximate surface area is 195 Å². The lowest BCUT2D eigenvalue weighted by molar-refractivity contribution is -0.193. The number of rotatable bonds is 4. The Hall–Kier alpha value is -2.65. The average molecular weight is 518 g/mol. The molecule has 0 spiro atoms. The maximum absolute atomic E-state index is 10.6. The Morgan fingerprint density at radius 2 is 1.68 bits per heavy atom. The summed E-state index contributed by atoms with van der Waals surface area (Å²) in [6.07, 6.45) is -4.96. The van der Waals surface area contributed by atoms with Gasteiger partial charge in [0.25, 0.3) is 0 Å². The summed E-state index contributed by atoms with van der Waals surface area (Å²) in [4.78, 5) is 27.2. The van der Waals surface area contributed by atoms with E-state index in [9.17, 15) is 26.3 Å².